The topological polar surface area (TPSA) is 175 Å². The molecule has 0 atom stereocenters. The molecule has 41 heavy (non-hydrogen) atoms. The minimum atomic E-state index is -0.660. The summed E-state index contributed by atoms with van der Waals surface area (Å²) in [4.78, 5) is 27.4. The van der Waals surface area contributed by atoms with Gasteiger partial charge in [-0.3, -0.25) is 4.79 Å². The number of aromatic nitrogens is 1. The quantitative estimate of drug-likeness (QED) is 0.0769. The molecule has 0 aliphatic heterocycles. The Labute approximate surface area is 248 Å². The van der Waals surface area contributed by atoms with E-state index in [9.17, 15) is 19.8 Å². The van der Waals surface area contributed by atoms with Crippen LogP contribution in [0.25, 0.3) is 0 Å². The number of nitrogens with zero attached hydrogens (tertiary/aromatic N) is 1. The number of ether oxygens (including phenoxy) is 8. The first-order valence-electron chi connectivity index (χ1n) is 13.3. The van der Waals surface area contributed by atoms with Gasteiger partial charge in [-0.1, -0.05) is 15.9 Å². The molecule has 1 aromatic rings. The maximum Gasteiger partial charge on any atom is 0.335 e. The van der Waals surface area contributed by atoms with E-state index < -0.39 is 5.97 Å². The van der Waals surface area contributed by atoms with Gasteiger partial charge < -0.3 is 58.3 Å². The molecule has 1 rings (SSSR count). The van der Waals surface area contributed by atoms with Gasteiger partial charge in [0.1, 0.15) is 0 Å². The summed E-state index contributed by atoms with van der Waals surface area (Å²) in [6.45, 7) is 7.13. The zero-order valence-electron chi connectivity index (χ0n) is 23.3. The molecule has 0 aliphatic carbocycles. The monoisotopic (exact) mass is 658 g/mol. The third-order valence-electron chi connectivity index (χ3n) is 4.74. The van der Waals surface area contributed by atoms with E-state index in [-0.39, 0.29) is 36.0 Å². The Hall–Kier alpha value is -2.02. The van der Waals surface area contributed by atoms with Crippen molar-refractivity contribution in [1.82, 2.24) is 10.0 Å². The summed E-state index contributed by atoms with van der Waals surface area (Å²) in [6, 6.07) is 2.40. The molecule has 3 N–H and O–H groups in total. The summed E-state index contributed by atoms with van der Waals surface area (Å²) >= 11 is 3.07. The van der Waals surface area contributed by atoms with E-state index >= 15 is 0 Å². The highest BCUT2D eigenvalue weighted by atomic mass is 79.9. The molecule has 238 valence electrons. The largest absolute Gasteiger partial charge is 0.492 e. The molecular formula is C25H43BrN2O13. The molecule has 1 heterocycles. The van der Waals surface area contributed by atoms with Crippen LogP contribution in [0.5, 0.6) is 11.8 Å². The first-order valence-corrected chi connectivity index (χ1v) is 14.4. The number of amides is 1. The maximum atomic E-state index is 11.6. The Morgan fingerprint density at radius 3 is 1.32 bits per heavy atom. The molecule has 15 nitrogen and oxygen atoms in total. The van der Waals surface area contributed by atoms with Crippen LogP contribution in [0.15, 0.2) is 12.1 Å². The Morgan fingerprint density at radius 2 is 0.951 bits per heavy atom. The number of hydrogen-bond donors (Lipinski definition) is 3. The van der Waals surface area contributed by atoms with Crippen molar-refractivity contribution in [2.24, 2.45) is 0 Å². The van der Waals surface area contributed by atoms with Gasteiger partial charge in [0, 0.05) is 18.7 Å². The number of carbonyl (C=O) groups is 2. The second kappa shape index (κ2) is 26.9. The normalized spacial score (nSPS) is 11.1. The van der Waals surface area contributed by atoms with Gasteiger partial charge in [-0.15, -0.1) is 4.73 Å². The first kappa shape index (κ1) is 37.0. The number of nitrogens with one attached hydrogen (secondary N) is 1. The number of carbonyl (C=O) groups excluding carboxylic acids is 2. The Bertz CT molecular complexity index is 765. The average Bonchev–Trinajstić information content (AvgIpc) is 3.28. The molecule has 1 aromatic heterocycles. The molecule has 0 aromatic carbocycles. The van der Waals surface area contributed by atoms with Gasteiger partial charge in [0.05, 0.1) is 117 Å². The second-order valence-corrected chi connectivity index (χ2v) is 8.50. The van der Waals surface area contributed by atoms with Crippen LogP contribution in [0.1, 0.15) is 6.42 Å². The summed E-state index contributed by atoms with van der Waals surface area (Å²) in [7, 11) is 0. The van der Waals surface area contributed by atoms with Crippen LogP contribution in [-0.4, -0.2) is 144 Å². The first-order chi connectivity index (χ1) is 20.0. The molecular weight excluding hydrogens is 616 g/mol. The Kier molecular flexibility index (Phi) is 24.2. The summed E-state index contributed by atoms with van der Waals surface area (Å²) < 4.78 is 43.7. The van der Waals surface area contributed by atoms with Gasteiger partial charge in [-0.2, -0.15) is 0 Å². The van der Waals surface area contributed by atoms with Crippen molar-refractivity contribution >= 4 is 27.8 Å². The van der Waals surface area contributed by atoms with Gasteiger partial charge >= 0.3 is 5.97 Å². The van der Waals surface area contributed by atoms with Crippen molar-refractivity contribution in [3.8, 4) is 11.8 Å². The molecule has 0 aliphatic rings. The van der Waals surface area contributed by atoms with Crippen LogP contribution in [0.4, 0.5) is 0 Å². The second-order valence-electron chi connectivity index (χ2n) is 7.94. The number of hydrogen-bond acceptors (Lipinski definition) is 13. The van der Waals surface area contributed by atoms with E-state index in [4.69, 9.17) is 42.7 Å². The van der Waals surface area contributed by atoms with Crippen LogP contribution in [0.2, 0.25) is 0 Å². The van der Waals surface area contributed by atoms with Crippen molar-refractivity contribution in [1.29, 1.82) is 0 Å². The third kappa shape index (κ3) is 22.3. The molecule has 0 unspecified atom stereocenters. The van der Waals surface area contributed by atoms with E-state index in [0.29, 0.717) is 110 Å². The van der Waals surface area contributed by atoms with Gasteiger partial charge in [-0.05, 0) is 0 Å². The van der Waals surface area contributed by atoms with E-state index in [2.05, 4.69) is 21.2 Å². The summed E-state index contributed by atoms with van der Waals surface area (Å²) in [5.74, 6) is -1.49. The standard InChI is InChI=1S/C25H43BrN2O13/c26-21-22(29)27-4-6-34-8-10-36-12-14-38-16-18-40-20-19-39-17-15-37-13-11-35-9-7-33-5-3-25(32)41-28-23(30)1-2-24(28)31/h1-2,30-31H,3-21H2,(H,27,29). The minimum absolute atomic E-state index is 0.0463. The van der Waals surface area contributed by atoms with Crippen LogP contribution in [-0.2, 0) is 47.5 Å². The van der Waals surface area contributed by atoms with Crippen molar-refractivity contribution in [3.63, 3.8) is 0 Å². The van der Waals surface area contributed by atoms with E-state index in [1.807, 2.05) is 0 Å². The molecule has 0 bridgehead atoms. The van der Waals surface area contributed by atoms with Gasteiger partial charge in [0.15, 0.2) is 0 Å². The van der Waals surface area contributed by atoms with Crippen LogP contribution >= 0.6 is 15.9 Å². The van der Waals surface area contributed by atoms with Crippen LogP contribution in [0, 0.1) is 0 Å². The predicted octanol–water partition coefficient (Wildman–Crippen LogP) is -0.111. The number of halogens is 1. The highest BCUT2D eigenvalue weighted by molar-refractivity contribution is 9.09. The SMILES string of the molecule is O=C(CBr)NCCOCCOCCOCCOCCOCCOCCOCCOCCC(=O)On1c(O)ccc1O. The third-order valence-corrected chi connectivity index (χ3v) is 5.24. The Morgan fingerprint density at radius 1 is 0.610 bits per heavy atom. The zero-order valence-corrected chi connectivity index (χ0v) is 24.9. The molecule has 16 heteroatoms. The number of alkyl halides is 1. The van der Waals surface area contributed by atoms with Crippen LogP contribution < -0.4 is 10.2 Å². The number of aromatic hydroxyl groups is 2. The molecule has 0 radical (unpaired) electrons. The van der Waals surface area contributed by atoms with Gasteiger partial charge in [-0.25, -0.2) is 4.79 Å². The summed E-state index contributed by atoms with van der Waals surface area (Å²) in [6.07, 6.45) is -0.0463. The summed E-state index contributed by atoms with van der Waals surface area (Å²) in [5.41, 5.74) is 0. The fourth-order valence-electron chi connectivity index (χ4n) is 2.75. The van der Waals surface area contributed by atoms with Crippen molar-refractivity contribution in [2.45, 2.75) is 6.42 Å². The van der Waals surface area contributed by atoms with Crippen LogP contribution in [0.3, 0.4) is 0 Å². The lowest BCUT2D eigenvalue weighted by atomic mass is 10.5. The van der Waals surface area contributed by atoms with Crippen molar-refractivity contribution in [2.75, 3.05) is 118 Å². The average molecular weight is 660 g/mol. The highest BCUT2D eigenvalue weighted by Crippen LogP contribution is 2.18. The van der Waals surface area contributed by atoms with E-state index in [1.165, 1.54) is 12.1 Å². The van der Waals surface area contributed by atoms with E-state index in [0.717, 1.165) is 0 Å². The smallest absolute Gasteiger partial charge is 0.335 e. The molecule has 0 saturated carbocycles. The lowest BCUT2D eigenvalue weighted by Gasteiger charge is -2.09. The Balaban J connectivity index is 1.69. The number of rotatable bonds is 29. The predicted molar refractivity (Wildman–Crippen MR) is 147 cm³/mol. The lowest BCUT2D eigenvalue weighted by Crippen LogP contribution is -2.28. The molecule has 0 spiro atoms. The van der Waals surface area contributed by atoms with E-state index in [1.54, 1.807) is 0 Å². The maximum absolute atomic E-state index is 11.6. The molecule has 1 amide bonds. The fourth-order valence-corrected chi connectivity index (χ4v) is 2.95. The van der Waals surface area contributed by atoms with Crippen molar-refractivity contribution in [3.05, 3.63) is 12.1 Å². The zero-order chi connectivity index (χ0) is 29.8. The lowest BCUT2D eigenvalue weighted by molar-refractivity contribution is -0.146. The van der Waals surface area contributed by atoms with Crippen molar-refractivity contribution < 1.29 is 62.5 Å². The molecule has 0 saturated heterocycles. The highest BCUT2D eigenvalue weighted by Gasteiger charge is 2.11. The fraction of sp³-hybridized carbons (Fsp3) is 0.760. The van der Waals surface area contributed by atoms with Gasteiger partial charge in [0.2, 0.25) is 17.7 Å². The summed E-state index contributed by atoms with van der Waals surface area (Å²) in [5, 5.41) is 21.8. The molecule has 0 fully saturated rings. The minimum Gasteiger partial charge on any atom is -0.492 e. The van der Waals surface area contributed by atoms with Gasteiger partial charge in [0.25, 0.3) is 0 Å².